The number of hydrogen-bond donors (Lipinski definition) is 0. The van der Waals surface area contributed by atoms with Gasteiger partial charge in [-0.3, -0.25) is 4.79 Å². The van der Waals surface area contributed by atoms with Gasteiger partial charge in [-0.15, -0.1) is 0 Å². The molecule has 1 atom stereocenters. The number of methoxy groups -OCH3 is 1. The maximum Gasteiger partial charge on any atom is 0.339 e. The second kappa shape index (κ2) is 6.91. The second-order valence-electron chi connectivity index (χ2n) is 5.94. The normalized spacial score (nSPS) is 15.3. The van der Waals surface area contributed by atoms with Crippen molar-refractivity contribution < 1.29 is 19.1 Å². The number of carbonyl (C=O) groups excluding carboxylic acids is 2. The summed E-state index contributed by atoms with van der Waals surface area (Å²) in [6, 6.07) is 10.9. The summed E-state index contributed by atoms with van der Waals surface area (Å²) in [7, 11) is 1.59. The molecule has 0 bridgehead atoms. The van der Waals surface area contributed by atoms with E-state index in [9.17, 15) is 9.59 Å². The Morgan fingerprint density at radius 1 is 1.04 bits per heavy atom. The lowest BCUT2D eigenvalue weighted by Crippen LogP contribution is -2.38. The van der Waals surface area contributed by atoms with Crippen LogP contribution in [0.25, 0.3) is 10.8 Å². The van der Waals surface area contributed by atoms with Gasteiger partial charge in [-0.1, -0.05) is 24.3 Å². The number of hydrogen-bond acceptors (Lipinski definition) is 4. The van der Waals surface area contributed by atoms with Crippen LogP contribution < -0.4 is 4.74 Å². The second-order valence-corrected chi connectivity index (χ2v) is 5.94. The summed E-state index contributed by atoms with van der Waals surface area (Å²) in [5, 5.41) is 1.59. The van der Waals surface area contributed by atoms with Gasteiger partial charge < -0.3 is 14.4 Å². The lowest BCUT2D eigenvalue weighted by Gasteiger charge is -2.20. The fraction of sp³-hybridized carbons (Fsp3) is 0.368. The highest BCUT2D eigenvalue weighted by Gasteiger charge is 2.26. The highest BCUT2D eigenvalue weighted by atomic mass is 16.5. The molecule has 5 heteroatoms. The maximum absolute atomic E-state index is 12.6. The largest absolute Gasteiger partial charge is 0.496 e. The quantitative estimate of drug-likeness (QED) is 0.810. The van der Waals surface area contributed by atoms with Crippen molar-refractivity contribution >= 4 is 22.6 Å². The van der Waals surface area contributed by atoms with Gasteiger partial charge in [0.2, 0.25) is 0 Å². The van der Waals surface area contributed by atoms with Crippen LogP contribution in [0.4, 0.5) is 0 Å². The van der Waals surface area contributed by atoms with Gasteiger partial charge >= 0.3 is 5.97 Å². The minimum atomic E-state index is -0.781. The topological polar surface area (TPSA) is 55.8 Å². The number of likely N-dealkylation sites (tertiary alicyclic amines) is 1. The van der Waals surface area contributed by atoms with Crippen molar-refractivity contribution in [2.45, 2.75) is 25.9 Å². The van der Waals surface area contributed by atoms with E-state index in [4.69, 9.17) is 9.47 Å². The third-order valence-electron chi connectivity index (χ3n) is 4.37. The first-order chi connectivity index (χ1) is 11.6. The molecule has 0 N–H and O–H groups in total. The third kappa shape index (κ3) is 3.07. The van der Waals surface area contributed by atoms with Gasteiger partial charge in [0.15, 0.2) is 6.10 Å². The van der Waals surface area contributed by atoms with Crippen molar-refractivity contribution in [1.29, 1.82) is 0 Å². The molecule has 0 saturated carbocycles. The van der Waals surface area contributed by atoms with Crippen molar-refractivity contribution in [3.05, 3.63) is 42.0 Å². The summed E-state index contributed by atoms with van der Waals surface area (Å²) < 4.78 is 10.8. The van der Waals surface area contributed by atoms with Crippen LogP contribution >= 0.6 is 0 Å². The van der Waals surface area contributed by atoms with Crippen molar-refractivity contribution in [2.24, 2.45) is 0 Å². The van der Waals surface area contributed by atoms with E-state index in [-0.39, 0.29) is 5.91 Å². The van der Waals surface area contributed by atoms with Crippen LogP contribution in [-0.2, 0) is 9.53 Å². The highest BCUT2D eigenvalue weighted by molar-refractivity contribution is 6.06. The van der Waals surface area contributed by atoms with Gasteiger partial charge in [0.05, 0.1) is 12.7 Å². The Hall–Kier alpha value is -2.56. The predicted molar refractivity (Wildman–Crippen MR) is 91.2 cm³/mol. The van der Waals surface area contributed by atoms with Gasteiger partial charge in [-0.2, -0.15) is 0 Å². The summed E-state index contributed by atoms with van der Waals surface area (Å²) in [5.41, 5.74) is 0.437. The van der Waals surface area contributed by atoms with E-state index < -0.39 is 12.1 Å². The first kappa shape index (κ1) is 16.3. The number of esters is 1. The zero-order chi connectivity index (χ0) is 17.1. The van der Waals surface area contributed by atoms with Crippen molar-refractivity contribution in [2.75, 3.05) is 20.2 Å². The number of rotatable bonds is 4. The zero-order valence-electron chi connectivity index (χ0n) is 14.0. The Kier molecular flexibility index (Phi) is 4.69. The third-order valence-corrected chi connectivity index (χ3v) is 4.37. The fourth-order valence-electron chi connectivity index (χ4n) is 3.10. The number of amides is 1. The van der Waals surface area contributed by atoms with Crippen molar-refractivity contribution in [1.82, 2.24) is 4.90 Å². The Balaban J connectivity index is 1.82. The molecule has 0 unspecified atom stereocenters. The van der Waals surface area contributed by atoms with E-state index in [1.807, 2.05) is 24.3 Å². The van der Waals surface area contributed by atoms with Gasteiger partial charge in [-0.05, 0) is 37.3 Å². The van der Waals surface area contributed by atoms with E-state index in [2.05, 4.69) is 0 Å². The molecule has 5 nitrogen and oxygen atoms in total. The summed E-state index contributed by atoms with van der Waals surface area (Å²) in [6.07, 6.45) is 1.24. The molecule has 1 saturated heterocycles. The molecule has 0 aliphatic carbocycles. The first-order valence-corrected chi connectivity index (χ1v) is 8.17. The van der Waals surface area contributed by atoms with Gasteiger partial charge in [0.1, 0.15) is 5.75 Å². The molecule has 1 heterocycles. The molecule has 1 aliphatic heterocycles. The Morgan fingerprint density at radius 2 is 1.71 bits per heavy atom. The van der Waals surface area contributed by atoms with Crippen LogP contribution in [0.5, 0.6) is 5.75 Å². The van der Waals surface area contributed by atoms with Gasteiger partial charge in [0, 0.05) is 18.5 Å². The van der Waals surface area contributed by atoms with E-state index in [0.717, 1.165) is 36.7 Å². The standard InChI is InChI=1S/C19H21NO4/c1-13(18(21)20-11-5-6-12-20)24-19(22)16-9-10-17(23-2)15-8-4-3-7-14(15)16/h3-4,7-10,13H,5-6,11-12H2,1-2H3/t13-/m1/s1. The molecule has 24 heavy (non-hydrogen) atoms. The molecule has 1 aliphatic rings. The monoisotopic (exact) mass is 327 g/mol. The smallest absolute Gasteiger partial charge is 0.339 e. The Bertz CT molecular complexity index is 765. The number of carbonyl (C=O) groups is 2. The summed E-state index contributed by atoms with van der Waals surface area (Å²) in [5.74, 6) is 0.0795. The Morgan fingerprint density at radius 3 is 2.38 bits per heavy atom. The minimum absolute atomic E-state index is 0.126. The highest BCUT2D eigenvalue weighted by Crippen LogP contribution is 2.29. The SMILES string of the molecule is COc1ccc(C(=O)O[C@H](C)C(=O)N2CCCC2)c2ccccc12. The van der Waals surface area contributed by atoms with Crippen molar-refractivity contribution in [3.8, 4) is 5.75 Å². The van der Waals surface area contributed by atoms with E-state index in [0.29, 0.717) is 11.3 Å². The molecule has 126 valence electrons. The average Bonchev–Trinajstić information content (AvgIpc) is 3.14. The summed E-state index contributed by atoms with van der Waals surface area (Å²) in [6.45, 7) is 3.11. The maximum atomic E-state index is 12.6. The summed E-state index contributed by atoms with van der Waals surface area (Å²) in [4.78, 5) is 26.6. The fourth-order valence-corrected chi connectivity index (χ4v) is 3.10. The first-order valence-electron chi connectivity index (χ1n) is 8.17. The average molecular weight is 327 g/mol. The Labute approximate surface area is 141 Å². The van der Waals surface area contributed by atoms with E-state index in [1.54, 1.807) is 31.1 Å². The van der Waals surface area contributed by atoms with Crippen LogP contribution in [0.1, 0.15) is 30.1 Å². The molecular weight excluding hydrogens is 306 g/mol. The molecule has 1 fully saturated rings. The molecule has 3 rings (SSSR count). The lowest BCUT2D eigenvalue weighted by molar-refractivity contribution is -0.138. The van der Waals surface area contributed by atoms with Crippen LogP contribution in [-0.4, -0.2) is 43.1 Å². The van der Waals surface area contributed by atoms with Crippen LogP contribution in [0, 0.1) is 0 Å². The molecule has 2 aromatic carbocycles. The van der Waals surface area contributed by atoms with Gasteiger partial charge in [-0.25, -0.2) is 4.79 Å². The predicted octanol–water partition coefficient (Wildman–Crippen LogP) is 3.02. The summed E-state index contributed by atoms with van der Waals surface area (Å²) >= 11 is 0. The molecule has 0 spiro atoms. The number of fused-ring (bicyclic) bond motifs is 1. The van der Waals surface area contributed by atoms with Crippen LogP contribution in [0.3, 0.4) is 0 Å². The lowest BCUT2D eigenvalue weighted by atomic mass is 10.0. The van der Waals surface area contributed by atoms with Crippen molar-refractivity contribution in [3.63, 3.8) is 0 Å². The molecule has 0 aromatic heterocycles. The van der Waals surface area contributed by atoms with E-state index >= 15 is 0 Å². The number of nitrogens with zero attached hydrogens (tertiary/aromatic N) is 1. The molecule has 0 radical (unpaired) electrons. The van der Waals surface area contributed by atoms with Crippen LogP contribution in [0.15, 0.2) is 36.4 Å². The number of benzene rings is 2. The molecule has 1 amide bonds. The minimum Gasteiger partial charge on any atom is -0.496 e. The van der Waals surface area contributed by atoms with Crippen LogP contribution in [0.2, 0.25) is 0 Å². The van der Waals surface area contributed by atoms with Gasteiger partial charge in [0.25, 0.3) is 5.91 Å². The molecule has 2 aromatic rings. The molecular formula is C19H21NO4. The van der Waals surface area contributed by atoms with E-state index in [1.165, 1.54) is 0 Å². The zero-order valence-corrected chi connectivity index (χ0v) is 14.0. The number of ether oxygens (including phenoxy) is 2.